The Labute approximate surface area is 166 Å². The maximum Gasteiger partial charge on any atom is 0.330 e. The van der Waals surface area contributed by atoms with Gasteiger partial charge < -0.3 is 4.74 Å². The first-order chi connectivity index (χ1) is 13.3. The van der Waals surface area contributed by atoms with Crippen molar-refractivity contribution in [1.82, 2.24) is 4.98 Å². The number of carbonyl (C=O) groups is 1. The van der Waals surface area contributed by atoms with Gasteiger partial charge in [-0.1, -0.05) is 96.1 Å². The highest BCUT2D eigenvalue weighted by molar-refractivity contribution is 5.81. The smallest absolute Gasteiger partial charge is 0.330 e. The molecule has 0 aliphatic carbocycles. The zero-order valence-corrected chi connectivity index (χ0v) is 17.3. The minimum absolute atomic E-state index is 0.239. The molecule has 0 saturated heterocycles. The second-order valence-corrected chi connectivity index (χ2v) is 7.36. The fraction of sp³-hybridized carbons (Fsp3) is 0.667. The van der Waals surface area contributed by atoms with Crippen molar-refractivity contribution in [2.45, 2.75) is 103 Å². The van der Waals surface area contributed by atoms with Gasteiger partial charge in [-0.25, -0.2) is 4.79 Å². The molecule has 1 aromatic heterocycles. The van der Waals surface area contributed by atoms with E-state index >= 15 is 0 Å². The molecule has 1 rings (SSSR count). The van der Waals surface area contributed by atoms with E-state index in [9.17, 15) is 4.79 Å². The van der Waals surface area contributed by atoms with Crippen molar-refractivity contribution in [3.8, 4) is 0 Å². The van der Waals surface area contributed by atoms with Gasteiger partial charge in [0.15, 0.2) is 0 Å². The molecule has 0 unspecified atom stereocenters. The number of carbonyl (C=O) groups excluding carboxylic acids is 1. The normalized spacial score (nSPS) is 11.1. The van der Waals surface area contributed by atoms with Crippen LogP contribution in [-0.4, -0.2) is 11.0 Å². The Morgan fingerprint density at radius 3 is 2.04 bits per heavy atom. The van der Waals surface area contributed by atoms with Crippen molar-refractivity contribution in [3.05, 3.63) is 42.2 Å². The molecule has 3 nitrogen and oxygen atoms in total. The average molecular weight is 374 g/mol. The Balaban J connectivity index is 1.83. The lowest BCUT2D eigenvalue weighted by atomic mass is 10.0. The molecule has 3 heteroatoms. The number of hydrogen-bond acceptors (Lipinski definition) is 3. The molecule has 0 bridgehead atoms. The first-order valence-corrected chi connectivity index (χ1v) is 11.1. The highest BCUT2D eigenvalue weighted by Crippen LogP contribution is 2.13. The quantitative estimate of drug-likeness (QED) is 0.165. The Morgan fingerprint density at radius 2 is 1.48 bits per heavy atom. The molecule has 1 heterocycles. The third-order valence-electron chi connectivity index (χ3n) is 4.82. The fourth-order valence-electron chi connectivity index (χ4n) is 3.14. The molecule has 0 N–H and O–H groups in total. The third kappa shape index (κ3) is 15.1. The molecule has 1 aromatic rings. The summed E-state index contributed by atoms with van der Waals surface area (Å²) in [6.07, 6.45) is 23.8. The van der Waals surface area contributed by atoms with Crippen LogP contribution >= 0.6 is 0 Å². The van der Waals surface area contributed by atoms with E-state index in [1.165, 1.54) is 77.0 Å². The molecule has 0 aliphatic heterocycles. The zero-order valence-electron chi connectivity index (χ0n) is 17.3. The summed E-state index contributed by atoms with van der Waals surface area (Å²) in [7, 11) is 0. The van der Waals surface area contributed by atoms with Crippen LogP contribution in [0.15, 0.2) is 36.5 Å². The summed E-state index contributed by atoms with van der Waals surface area (Å²) in [6, 6.07) is 5.59. The lowest BCUT2D eigenvalue weighted by Crippen LogP contribution is -2.01. The number of nitrogens with zero attached hydrogens (tertiary/aromatic N) is 1. The maximum absolute atomic E-state index is 11.6. The minimum atomic E-state index is -0.282. The van der Waals surface area contributed by atoms with Crippen LogP contribution in [0.25, 0.3) is 0 Å². The van der Waals surface area contributed by atoms with Gasteiger partial charge in [-0.05, 0) is 25.0 Å². The Kier molecular flexibility index (Phi) is 15.4. The Bertz CT molecular complexity index is 484. The predicted molar refractivity (Wildman–Crippen MR) is 113 cm³/mol. The van der Waals surface area contributed by atoms with E-state index in [0.717, 1.165) is 18.5 Å². The number of allylic oxidation sites excluding steroid dienone is 1. The number of esters is 1. The van der Waals surface area contributed by atoms with E-state index in [1.807, 2.05) is 24.3 Å². The number of rotatable bonds is 17. The highest BCUT2D eigenvalue weighted by Gasteiger charge is 1.99. The van der Waals surface area contributed by atoms with Crippen LogP contribution in [0.1, 0.15) is 103 Å². The van der Waals surface area contributed by atoms with Crippen molar-refractivity contribution in [1.29, 1.82) is 0 Å². The van der Waals surface area contributed by atoms with Crippen LogP contribution in [0.3, 0.4) is 0 Å². The van der Waals surface area contributed by atoms with Gasteiger partial charge in [0.25, 0.3) is 0 Å². The summed E-state index contributed by atoms with van der Waals surface area (Å²) in [5.74, 6) is -0.282. The van der Waals surface area contributed by atoms with E-state index in [4.69, 9.17) is 4.74 Å². The van der Waals surface area contributed by atoms with Crippen LogP contribution in [-0.2, 0) is 16.1 Å². The minimum Gasteiger partial charge on any atom is -0.456 e. The van der Waals surface area contributed by atoms with Gasteiger partial charge in [-0.2, -0.15) is 0 Å². The highest BCUT2D eigenvalue weighted by atomic mass is 16.5. The van der Waals surface area contributed by atoms with Gasteiger partial charge in [-0.3, -0.25) is 4.98 Å². The molecular formula is C24H39NO2. The summed E-state index contributed by atoms with van der Waals surface area (Å²) in [5.41, 5.74) is 0.774. The number of pyridine rings is 1. The molecule has 0 radical (unpaired) electrons. The molecule has 0 atom stereocenters. The summed E-state index contributed by atoms with van der Waals surface area (Å²) in [4.78, 5) is 15.7. The second-order valence-electron chi connectivity index (χ2n) is 7.36. The van der Waals surface area contributed by atoms with Gasteiger partial charge in [0.2, 0.25) is 0 Å². The molecule has 0 aromatic carbocycles. The fourth-order valence-corrected chi connectivity index (χ4v) is 3.14. The first kappa shape index (κ1) is 23.4. The average Bonchev–Trinajstić information content (AvgIpc) is 2.70. The van der Waals surface area contributed by atoms with Gasteiger partial charge >= 0.3 is 5.97 Å². The Hall–Kier alpha value is -1.64. The van der Waals surface area contributed by atoms with Crippen LogP contribution in [0.5, 0.6) is 0 Å². The van der Waals surface area contributed by atoms with E-state index in [0.29, 0.717) is 0 Å². The molecule has 0 spiro atoms. The summed E-state index contributed by atoms with van der Waals surface area (Å²) < 4.78 is 5.16. The monoisotopic (exact) mass is 373 g/mol. The third-order valence-corrected chi connectivity index (χ3v) is 4.82. The van der Waals surface area contributed by atoms with Gasteiger partial charge in [0.05, 0.1) is 5.69 Å². The van der Waals surface area contributed by atoms with Gasteiger partial charge in [0.1, 0.15) is 6.61 Å². The van der Waals surface area contributed by atoms with Crippen LogP contribution in [0, 0.1) is 0 Å². The topological polar surface area (TPSA) is 39.2 Å². The predicted octanol–water partition coefficient (Wildman–Crippen LogP) is 7.16. The molecule has 0 saturated carbocycles. The van der Waals surface area contributed by atoms with Crippen LogP contribution in [0.4, 0.5) is 0 Å². The van der Waals surface area contributed by atoms with Crippen molar-refractivity contribution >= 4 is 5.97 Å². The van der Waals surface area contributed by atoms with Crippen molar-refractivity contribution in [2.75, 3.05) is 0 Å². The number of aromatic nitrogens is 1. The van der Waals surface area contributed by atoms with Crippen molar-refractivity contribution < 1.29 is 9.53 Å². The number of hydrogen-bond donors (Lipinski definition) is 0. The summed E-state index contributed by atoms with van der Waals surface area (Å²) >= 11 is 0. The molecule has 0 aliphatic rings. The number of ether oxygens (including phenoxy) is 1. The Morgan fingerprint density at radius 1 is 0.889 bits per heavy atom. The van der Waals surface area contributed by atoms with E-state index in [2.05, 4.69) is 11.9 Å². The van der Waals surface area contributed by atoms with Crippen molar-refractivity contribution in [3.63, 3.8) is 0 Å². The van der Waals surface area contributed by atoms with Crippen LogP contribution in [0.2, 0.25) is 0 Å². The standard InChI is InChI=1S/C24H39NO2/c1-2-3-4-5-6-7-8-9-10-11-12-13-14-15-16-20-24(26)27-22-23-19-17-18-21-25-23/h16-21H,2-15,22H2,1H3. The molecule has 0 amide bonds. The van der Waals surface area contributed by atoms with Gasteiger partial charge in [-0.15, -0.1) is 0 Å². The molecular weight excluding hydrogens is 334 g/mol. The summed E-state index contributed by atoms with van der Waals surface area (Å²) in [6.45, 7) is 2.51. The van der Waals surface area contributed by atoms with E-state index in [-0.39, 0.29) is 12.6 Å². The summed E-state index contributed by atoms with van der Waals surface area (Å²) in [5, 5.41) is 0. The SMILES string of the molecule is CCCCCCCCCCCCCCCC=CC(=O)OCc1ccccn1. The largest absolute Gasteiger partial charge is 0.456 e. The molecule has 0 fully saturated rings. The molecule has 152 valence electrons. The van der Waals surface area contributed by atoms with E-state index in [1.54, 1.807) is 12.3 Å². The van der Waals surface area contributed by atoms with E-state index < -0.39 is 0 Å². The maximum atomic E-state index is 11.6. The second kappa shape index (κ2) is 17.8. The molecule has 27 heavy (non-hydrogen) atoms. The van der Waals surface area contributed by atoms with Gasteiger partial charge in [0, 0.05) is 12.3 Å². The lowest BCUT2D eigenvalue weighted by Gasteiger charge is -2.02. The lowest BCUT2D eigenvalue weighted by molar-refractivity contribution is -0.139. The van der Waals surface area contributed by atoms with Crippen molar-refractivity contribution in [2.24, 2.45) is 0 Å². The zero-order chi connectivity index (χ0) is 19.4. The first-order valence-electron chi connectivity index (χ1n) is 11.1. The van der Waals surface area contributed by atoms with Crippen LogP contribution < -0.4 is 0 Å². The number of unbranched alkanes of at least 4 members (excludes halogenated alkanes) is 13.